The fourth-order valence-corrected chi connectivity index (χ4v) is 12.2. The molecular weight excluding hydrogens is 1390 g/mol. The smallest absolute Gasteiger partial charge is 0.357 e. The molecule has 8 aromatic heterocycles. The van der Waals surface area contributed by atoms with Crippen LogP contribution in [0, 0.1) is 0 Å². The van der Waals surface area contributed by atoms with E-state index in [1.54, 1.807) is 42.1 Å². The molecule has 3 aliphatic rings. The third-order valence-corrected chi connectivity index (χ3v) is 18.7. The van der Waals surface area contributed by atoms with Gasteiger partial charge in [-0.3, -0.25) is 14.6 Å². The Morgan fingerprint density at radius 2 is 1.24 bits per heavy atom. The lowest BCUT2D eigenvalue weighted by atomic mass is 10.1. The first-order valence-electron chi connectivity index (χ1n) is 29.3. The van der Waals surface area contributed by atoms with E-state index in [0.29, 0.717) is 46.7 Å². The fourth-order valence-electron chi connectivity index (χ4n) is 10.5. The predicted octanol–water partition coefficient (Wildman–Crippen LogP) is 10.3. The van der Waals surface area contributed by atoms with Crippen molar-refractivity contribution in [3.63, 3.8) is 0 Å². The van der Waals surface area contributed by atoms with Gasteiger partial charge in [0.05, 0.1) is 44.3 Å². The Hall–Kier alpha value is -7.40. The third kappa shape index (κ3) is 14.2. The molecule has 1 amide bonds. The molecule has 3 fully saturated rings. The number of carbonyl (C=O) groups excluding carboxylic acids is 2. The highest BCUT2D eigenvalue weighted by Gasteiger charge is 2.29. The number of rotatable bonds is 17. The number of nitrogens with one attached hydrogen (secondary N) is 4. The molecule has 460 valence electrons. The number of esters is 1. The molecule has 0 saturated carbocycles. The van der Waals surface area contributed by atoms with Crippen LogP contribution in [0.15, 0.2) is 84.6 Å². The van der Waals surface area contributed by atoms with Crippen LogP contribution in [0.3, 0.4) is 0 Å². The maximum absolute atomic E-state index is 12.1. The van der Waals surface area contributed by atoms with Crippen LogP contribution in [0.1, 0.15) is 117 Å². The van der Waals surface area contributed by atoms with Gasteiger partial charge in [-0.1, -0.05) is 90.2 Å². The van der Waals surface area contributed by atoms with Gasteiger partial charge in [-0.05, 0) is 69.7 Å². The summed E-state index contributed by atoms with van der Waals surface area (Å²) in [4.78, 5) is 91.5. The van der Waals surface area contributed by atoms with E-state index in [4.69, 9.17) is 34.6 Å². The number of para-hydroxylation sites is 2. The monoisotopic (exact) mass is 1460 g/mol. The van der Waals surface area contributed by atoms with Gasteiger partial charge in [-0.2, -0.15) is 0 Å². The van der Waals surface area contributed by atoms with Crippen LogP contribution in [0.25, 0.3) is 44.1 Å². The molecule has 0 spiro atoms. The van der Waals surface area contributed by atoms with E-state index in [9.17, 15) is 9.59 Å². The average Bonchev–Trinajstić information content (AvgIpc) is 1.41. The van der Waals surface area contributed by atoms with Crippen molar-refractivity contribution in [1.82, 2.24) is 74.8 Å². The second-order valence-electron chi connectivity index (χ2n) is 20.7. The molecule has 3 atom stereocenters. The van der Waals surface area contributed by atoms with Crippen LogP contribution in [0.5, 0.6) is 0 Å². The summed E-state index contributed by atoms with van der Waals surface area (Å²) in [5, 5.41) is 22.9. The number of aromatic amines is 1. The summed E-state index contributed by atoms with van der Waals surface area (Å²) in [6.45, 7) is 15.2. The number of alkyl halides is 2. The van der Waals surface area contributed by atoms with Crippen LogP contribution in [-0.2, 0) is 9.47 Å². The van der Waals surface area contributed by atoms with E-state index < -0.39 is 5.91 Å². The van der Waals surface area contributed by atoms with E-state index in [2.05, 4.69) is 147 Å². The Labute approximate surface area is 542 Å². The Morgan fingerprint density at radius 3 is 1.81 bits per heavy atom. The number of anilines is 6. The molecule has 10 aromatic rings. The zero-order valence-corrected chi connectivity index (χ0v) is 54.9. The molecule has 5 N–H and O–H groups in total. The van der Waals surface area contributed by atoms with Gasteiger partial charge in [0.1, 0.15) is 41.7 Å². The molecule has 26 nitrogen and oxygen atoms in total. The van der Waals surface area contributed by atoms with E-state index in [0.717, 1.165) is 148 Å². The highest BCUT2D eigenvalue weighted by atomic mass is 127. The number of amides is 1. The van der Waals surface area contributed by atoms with Crippen molar-refractivity contribution in [3.8, 4) is 0 Å². The number of benzene rings is 2. The number of fused-ring (bicyclic) bond motifs is 4. The van der Waals surface area contributed by atoms with Gasteiger partial charge >= 0.3 is 5.97 Å². The third-order valence-electron chi connectivity index (χ3n) is 15.1. The minimum absolute atomic E-state index is 0.0597. The summed E-state index contributed by atoms with van der Waals surface area (Å²) in [7, 11) is 0. The first-order chi connectivity index (χ1) is 43.0. The van der Waals surface area contributed by atoms with Crippen molar-refractivity contribution < 1.29 is 24.3 Å². The summed E-state index contributed by atoms with van der Waals surface area (Å²) in [6.07, 6.45) is 12.3. The molecule has 1 unspecified atom stereocenters. The lowest BCUT2D eigenvalue weighted by Crippen LogP contribution is -2.47. The standard InChI is InChI=1S/C31H36N10O3S.C24H25N11O2S.C3H6I2/c1-3-21(35-27-25-29(33-18-32-27)41(19-34-25)24-11-7-8-16-44-24)26-36-22-10-6-5-9-20(22)28(38-26)39-12-14-40(15-13-39)31-37-23(17-45-31)30(42)43-4-2;1-2-15(29-21-18-20(26-12-25-18)27-13-28-21)19-30-16-6-4-3-5-14(16)22(32-19)34-7-9-35(10-8-34)24-31-17(11-38-24)23(36)33-37;1-2-3(4)5/h5-6,9-10,17-19,21,24H,3-4,7-8,11-16H2,1-2H3,(H,32,33,35);3-6,11-13,15,37H,2,7-10H2,1H3,(H,33,36)(H2,25,26,27,28,29);3H,2H2,1H3/t21-,24?;15-;/m00./s1. The molecule has 3 saturated heterocycles. The topological polar surface area (TPSA) is 297 Å². The number of nitrogens with zero attached hydrogens (tertiary/aromatic N) is 17. The highest BCUT2D eigenvalue weighted by molar-refractivity contribution is 14.2. The summed E-state index contributed by atoms with van der Waals surface area (Å²) >= 11 is 7.64. The molecule has 2 aromatic carbocycles. The van der Waals surface area contributed by atoms with Crippen molar-refractivity contribution >= 4 is 157 Å². The summed E-state index contributed by atoms with van der Waals surface area (Å²) in [6, 6.07) is 15.8. The number of halogens is 2. The summed E-state index contributed by atoms with van der Waals surface area (Å²) in [5.74, 6) is 3.51. The average molecular weight is 1460 g/mol. The van der Waals surface area contributed by atoms with Crippen LogP contribution in [0.2, 0.25) is 0 Å². The van der Waals surface area contributed by atoms with E-state index >= 15 is 0 Å². The van der Waals surface area contributed by atoms with Gasteiger partial charge in [0.2, 0.25) is 0 Å². The number of hydrogen-bond acceptors (Lipinski definition) is 25. The van der Waals surface area contributed by atoms with Crippen LogP contribution in [-0.4, -0.2) is 154 Å². The SMILES string of the molecule is CCC(I)I.CCOC(=O)c1csc(N2CCN(c3nc([C@H](CC)Nc4ncnc5c4ncn5C4CCCCO4)nc4ccccc34)CC2)n1.CC[C@H](Nc1ncnc2nc[nH]c12)c1nc(N2CCN(c3nc(C(=O)NO)cs3)CC2)c2ccccc2n1. The molecule has 11 heterocycles. The first-order valence-corrected chi connectivity index (χ1v) is 33.6. The number of hydroxylamine groups is 1. The predicted molar refractivity (Wildman–Crippen MR) is 359 cm³/mol. The molecule has 3 aliphatic heterocycles. The van der Waals surface area contributed by atoms with Gasteiger partial charge in [-0.25, -0.2) is 70.1 Å². The number of carbonyl (C=O) groups is 2. The quantitative estimate of drug-likeness (QED) is 0.0186. The lowest BCUT2D eigenvalue weighted by molar-refractivity contribution is -0.0298. The minimum atomic E-state index is -0.611. The maximum atomic E-state index is 12.1. The summed E-state index contributed by atoms with van der Waals surface area (Å²) in [5.41, 5.74) is 6.76. The Morgan fingerprint density at radius 1 is 0.682 bits per heavy atom. The number of ether oxygens (including phenoxy) is 2. The van der Waals surface area contributed by atoms with Crippen molar-refractivity contribution in [2.75, 3.05) is 95.8 Å². The van der Waals surface area contributed by atoms with Crippen molar-refractivity contribution in [1.29, 1.82) is 0 Å². The highest BCUT2D eigenvalue weighted by Crippen LogP contribution is 2.35. The van der Waals surface area contributed by atoms with Crippen molar-refractivity contribution in [2.45, 2.75) is 86.5 Å². The van der Waals surface area contributed by atoms with Crippen LogP contribution >= 0.6 is 67.9 Å². The Kier molecular flexibility index (Phi) is 20.7. The second kappa shape index (κ2) is 29.3. The zero-order chi connectivity index (χ0) is 61.1. The normalized spacial score (nSPS) is 16.1. The largest absolute Gasteiger partial charge is 0.461 e. The van der Waals surface area contributed by atoms with Gasteiger partial charge in [0, 0.05) is 80.5 Å². The molecule has 30 heteroatoms. The van der Waals surface area contributed by atoms with Gasteiger partial charge in [0.15, 0.2) is 56.1 Å². The fraction of sp³-hybridized carbons (Fsp3) is 0.414. The minimum Gasteiger partial charge on any atom is -0.461 e. The molecule has 88 heavy (non-hydrogen) atoms. The maximum Gasteiger partial charge on any atom is 0.357 e. The zero-order valence-electron chi connectivity index (χ0n) is 49.0. The second-order valence-corrected chi connectivity index (χ2v) is 27.7. The number of thiazole rings is 2. The van der Waals surface area contributed by atoms with Crippen molar-refractivity contribution in [2.24, 2.45) is 0 Å². The number of imidazole rings is 2. The number of aromatic nitrogens is 14. The van der Waals surface area contributed by atoms with Gasteiger partial charge < -0.3 is 44.7 Å². The Bertz CT molecular complexity index is 3980. The van der Waals surface area contributed by atoms with Gasteiger partial charge in [-0.15, -0.1) is 22.7 Å². The van der Waals surface area contributed by atoms with E-state index in [-0.39, 0.29) is 30.0 Å². The summed E-state index contributed by atoms with van der Waals surface area (Å²) < 4.78 is 13.9. The van der Waals surface area contributed by atoms with E-state index in [1.807, 2.05) is 47.0 Å². The first kappa shape index (κ1) is 62.2. The van der Waals surface area contributed by atoms with Crippen LogP contribution < -0.4 is 35.7 Å². The number of H-pyrrole nitrogens is 1. The van der Waals surface area contributed by atoms with Crippen LogP contribution in [0.4, 0.5) is 33.5 Å². The van der Waals surface area contributed by atoms with E-state index in [1.165, 1.54) is 35.4 Å². The molecular formula is C58H67I2N21O5S2. The molecule has 13 rings (SSSR count). The molecule has 0 aliphatic carbocycles. The number of hydrogen-bond donors (Lipinski definition) is 5. The Balaban J connectivity index is 0.000000171. The van der Waals surface area contributed by atoms with Crippen molar-refractivity contribution in [3.05, 3.63) is 108 Å². The van der Waals surface area contributed by atoms with Gasteiger partial charge in [0.25, 0.3) is 5.91 Å². The lowest BCUT2D eigenvalue weighted by Gasteiger charge is -2.36. The molecule has 0 bridgehead atoms. The number of piperazine rings is 2. The molecule has 0 radical (unpaired) electrons.